The quantitative estimate of drug-likeness (QED) is 0.765. The van der Waals surface area contributed by atoms with E-state index >= 15 is 0 Å². The van der Waals surface area contributed by atoms with E-state index in [2.05, 4.69) is 0 Å². The average molecular weight is 208 g/mol. The van der Waals surface area contributed by atoms with Gasteiger partial charge in [-0.15, -0.1) is 0 Å². The van der Waals surface area contributed by atoms with E-state index in [0.717, 1.165) is 0 Å². The summed E-state index contributed by atoms with van der Waals surface area (Å²) in [6.07, 6.45) is 0.376. The molecule has 0 heterocycles. The maximum atomic E-state index is 11.4. The second kappa shape index (κ2) is 4.78. The van der Waals surface area contributed by atoms with Crippen LogP contribution in [0.25, 0.3) is 0 Å². The van der Waals surface area contributed by atoms with Crippen LogP contribution in [0.1, 0.15) is 24.8 Å². The Morgan fingerprint density at radius 3 is 2.50 bits per heavy atom. The number of hydrogen-bond donors (Lipinski definition) is 0. The lowest BCUT2D eigenvalue weighted by atomic mass is 9.95. The summed E-state index contributed by atoms with van der Waals surface area (Å²) in [6.45, 7) is 1.75. The molecule has 0 fully saturated rings. The predicted octanol–water partition coefficient (Wildman–Crippen LogP) is 2.93. The van der Waals surface area contributed by atoms with Crippen LogP contribution in [-0.2, 0) is 4.79 Å². The number of Topliss-reactive ketones (excluding diaryl/α,β-unsaturated/α-hetero) is 1. The minimum Gasteiger partial charge on any atom is -0.298 e. The monoisotopic (exact) mass is 207 g/mol. The fourth-order valence-electron chi connectivity index (χ4n) is 1.19. The molecule has 0 aliphatic rings. The highest BCUT2D eigenvalue weighted by molar-refractivity contribution is 6.30. The molecule has 1 atom stereocenters. The minimum atomic E-state index is -0.655. The van der Waals surface area contributed by atoms with Gasteiger partial charge >= 0.3 is 0 Å². The minimum absolute atomic E-state index is 0.0603. The van der Waals surface area contributed by atoms with Crippen molar-refractivity contribution in [2.75, 3.05) is 0 Å². The second-order valence-electron chi connectivity index (χ2n) is 2.93. The third-order valence-corrected chi connectivity index (χ3v) is 2.25. The number of benzene rings is 1. The molecule has 0 radical (unpaired) electrons. The maximum absolute atomic E-state index is 11.4. The van der Waals surface area contributed by atoms with Crippen LogP contribution in [0.3, 0.4) is 0 Å². The van der Waals surface area contributed by atoms with Crippen LogP contribution in [0, 0.1) is 11.3 Å². The number of halogens is 1. The van der Waals surface area contributed by atoms with Gasteiger partial charge in [-0.05, 0) is 17.7 Å². The lowest BCUT2D eigenvalue weighted by molar-refractivity contribution is -0.119. The molecule has 0 aromatic heterocycles. The van der Waals surface area contributed by atoms with E-state index in [1.807, 2.05) is 6.07 Å². The first-order valence-corrected chi connectivity index (χ1v) is 4.74. The fraction of sp³-hybridized carbons (Fsp3) is 0.273. The van der Waals surface area contributed by atoms with E-state index in [4.69, 9.17) is 16.9 Å². The highest BCUT2D eigenvalue weighted by atomic mass is 35.5. The topological polar surface area (TPSA) is 40.9 Å². The van der Waals surface area contributed by atoms with Gasteiger partial charge in [0.25, 0.3) is 0 Å². The summed E-state index contributed by atoms with van der Waals surface area (Å²) in [5.41, 5.74) is 0.712. The summed E-state index contributed by atoms with van der Waals surface area (Å²) in [5.74, 6) is -0.716. The van der Waals surface area contributed by atoms with Gasteiger partial charge in [0, 0.05) is 11.4 Å². The van der Waals surface area contributed by atoms with Gasteiger partial charge in [-0.2, -0.15) is 5.26 Å². The van der Waals surface area contributed by atoms with E-state index in [-0.39, 0.29) is 5.78 Å². The Bertz CT molecular complexity index is 364. The zero-order chi connectivity index (χ0) is 10.6. The van der Waals surface area contributed by atoms with Crippen molar-refractivity contribution >= 4 is 17.4 Å². The van der Waals surface area contributed by atoms with Gasteiger partial charge in [-0.3, -0.25) is 4.79 Å². The van der Waals surface area contributed by atoms with E-state index in [1.54, 1.807) is 31.2 Å². The second-order valence-corrected chi connectivity index (χ2v) is 3.37. The molecule has 1 aromatic rings. The molecule has 0 aliphatic carbocycles. The Labute approximate surface area is 88.1 Å². The molecule has 0 amide bonds. The van der Waals surface area contributed by atoms with Crippen molar-refractivity contribution in [3.63, 3.8) is 0 Å². The van der Waals surface area contributed by atoms with Gasteiger partial charge in [-0.25, -0.2) is 0 Å². The van der Waals surface area contributed by atoms with Crippen molar-refractivity contribution in [2.45, 2.75) is 19.3 Å². The molecule has 1 aromatic carbocycles. The summed E-state index contributed by atoms with van der Waals surface area (Å²) in [5, 5.41) is 9.45. The summed E-state index contributed by atoms with van der Waals surface area (Å²) in [4.78, 5) is 11.4. The normalized spacial score (nSPS) is 11.8. The molecule has 0 saturated heterocycles. The Hall–Kier alpha value is -1.33. The Morgan fingerprint density at radius 2 is 2.07 bits per heavy atom. The Kier molecular flexibility index (Phi) is 3.67. The van der Waals surface area contributed by atoms with Gasteiger partial charge in [0.05, 0.1) is 6.07 Å². The van der Waals surface area contributed by atoms with E-state index in [1.165, 1.54) is 0 Å². The number of hydrogen-bond acceptors (Lipinski definition) is 2. The highest BCUT2D eigenvalue weighted by Crippen LogP contribution is 2.19. The molecular weight excluding hydrogens is 198 g/mol. The van der Waals surface area contributed by atoms with E-state index in [9.17, 15) is 4.79 Å². The van der Waals surface area contributed by atoms with Crippen molar-refractivity contribution < 1.29 is 4.79 Å². The lowest BCUT2D eigenvalue weighted by Gasteiger charge is -2.06. The Morgan fingerprint density at radius 1 is 1.50 bits per heavy atom. The molecule has 14 heavy (non-hydrogen) atoms. The molecule has 72 valence electrons. The van der Waals surface area contributed by atoms with Crippen LogP contribution in [-0.4, -0.2) is 5.78 Å². The summed E-state index contributed by atoms with van der Waals surface area (Å²) >= 11 is 5.71. The summed E-state index contributed by atoms with van der Waals surface area (Å²) in [7, 11) is 0. The molecule has 2 nitrogen and oxygen atoms in total. The summed E-state index contributed by atoms with van der Waals surface area (Å²) < 4.78 is 0. The number of nitrogens with zero attached hydrogens (tertiary/aromatic N) is 1. The molecule has 0 saturated carbocycles. The first kappa shape index (κ1) is 10.7. The largest absolute Gasteiger partial charge is 0.298 e. The van der Waals surface area contributed by atoms with Gasteiger partial charge in [0.2, 0.25) is 0 Å². The van der Waals surface area contributed by atoms with Crippen LogP contribution >= 0.6 is 11.6 Å². The van der Waals surface area contributed by atoms with Crippen molar-refractivity contribution in [2.24, 2.45) is 0 Å². The fourth-order valence-corrected chi connectivity index (χ4v) is 1.32. The van der Waals surface area contributed by atoms with Crippen LogP contribution < -0.4 is 0 Å². The van der Waals surface area contributed by atoms with Gasteiger partial charge in [0.15, 0.2) is 5.78 Å². The Balaban J connectivity index is 2.97. The third-order valence-electron chi connectivity index (χ3n) is 2.00. The van der Waals surface area contributed by atoms with Gasteiger partial charge in [-0.1, -0.05) is 30.7 Å². The first-order valence-electron chi connectivity index (χ1n) is 4.36. The van der Waals surface area contributed by atoms with Crippen molar-refractivity contribution in [3.05, 3.63) is 34.9 Å². The first-order chi connectivity index (χ1) is 6.69. The molecule has 0 unspecified atom stereocenters. The molecule has 1 rings (SSSR count). The molecular formula is C11H10ClNO. The smallest absolute Gasteiger partial charge is 0.154 e. The van der Waals surface area contributed by atoms with Crippen LogP contribution in [0.15, 0.2) is 24.3 Å². The van der Waals surface area contributed by atoms with Gasteiger partial charge in [0.1, 0.15) is 5.92 Å². The van der Waals surface area contributed by atoms with E-state index < -0.39 is 5.92 Å². The number of rotatable bonds is 3. The van der Waals surface area contributed by atoms with Crippen molar-refractivity contribution in [3.8, 4) is 6.07 Å². The standard InChI is InChI=1S/C11H10ClNO/c1-2-11(14)10(7-13)8-3-5-9(12)6-4-8/h3-6,10H,2H2,1H3/t10-/m1/s1. The number of carbonyl (C=O) groups excluding carboxylic acids is 1. The highest BCUT2D eigenvalue weighted by Gasteiger charge is 2.17. The molecule has 3 heteroatoms. The average Bonchev–Trinajstić information content (AvgIpc) is 2.21. The van der Waals surface area contributed by atoms with Gasteiger partial charge < -0.3 is 0 Å². The molecule has 0 aliphatic heterocycles. The SMILES string of the molecule is CCC(=O)[C@H](C#N)c1ccc(Cl)cc1. The predicted molar refractivity (Wildman–Crippen MR) is 55.1 cm³/mol. The molecule has 0 bridgehead atoms. The molecule has 0 spiro atoms. The lowest BCUT2D eigenvalue weighted by Crippen LogP contribution is -2.08. The van der Waals surface area contributed by atoms with Crippen molar-refractivity contribution in [1.82, 2.24) is 0 Å². The van der Waals surface area contributed by atoms with Crippen LogP contribution in [0.4, 0.5) is 0 Å². The number of ketones is 1. The van der Waals surface area contributed by atoms with Crippen molar-refractivity contribution in [1.29, 1.82) is 5.26 Å². The zero-order valence-electron chi connectivity index (χ0n) is 7.83. The summed E-state index contributed by atoms with van der Waals surface area (Å²) in [6, 6.07) is 8.79. The molecule has 0 N–H and O–H groups in total. The van der Waals surface area contributed by atoms with E-state index in [0.29, 0.717) is 17.0 Å². The maximum Gasteiger partial charge on any atom is 0.154 e. The van der Waals surface area contributed by atoms with Crippen LogP contribution in [0.5, 0.6) is 0 Å². The zero-order valence-corrected chi connectivity index (χ0v) is 8.58. The van der Waals surface area contributed by atoms with Crippen LogP contribution in [0.2, 0.25) is 5.02 Å². The number of carbonyl (C=O) groups is 1. The third kappa shape index (κ3) is 2.34. The number of nitriles is 1.